The summed E-state index contributed by atoms with van der Waals surface area (Å²) in [6.45, 7) is 7.27. The number of halogens is 1. The number of ether oxygens (including phenoxy) is 1. The minimum atomic E-state index is -0.497. The lowest BCUT2D eigenvalue weighted by Gasteiger charge is -2.38. The fourth-order valence-electron chi connectivity index (χ4n) is 2.91. The molecule has 0 aromatic heterocycles. The molecule has 2 atom stereocenters. The Hall–Kier alpha value is -1.62. The van der Waals surface area contributed by atoms with Crippen LogP contribution in [0.1, 0.15) is 38.7 Å². The summed E-state index contributed by atoms with van der Waals surface area (Å²) in [5.74, 6) is 0.176. The average Bonchev–Trinajstić information content (AvgIpc) is 2.45. The summed E-state index contributed by atoms with van der Waals surface area (Å²) in [5, 5.41) is 0. The maximum atomic E-state index is 13.1. The van der Waals surface area contributed by atoms with Gasteiger partial charge in [0, 0.05) is 13.1 Å². The quantitative estimate of drug-likeness (QED) is 0.913. The molecule has 5 heteroatoms. The van der Waals surface area contributed by atoms with Crippen molar-refractivity contribution >= 4 is 6.09 Å². The van der Waals surface area contributed by atoms with Crippen LogP contribution in [0.15, 0.2) is 24.3 Å². The second kappa shape index (κ2) is 6.65. The van der Waals surface area contributed by atoms with E-state index in [1.165, 1.54) is 12.1 Å². The van der Waals surface area contributed by atoms with Crippen molar-refractivity contribution in [3.05, 3.63) is 35.6 Å². The zero-order valence-corrected chi connectivity index (χ0v) is 13.5. The highest BCUT2D eigenvalue weighted by Gasteiger charge is 2.33. The molecule has 22 heavy (non-hydrogen) atoms. The largest absolute Gasteiger partial charge is 0.444 e. The van der Waals surface area contributed by atoms with Crippen LogP contribution in [0.25, 0.3) is 0 Å². The molecule has 0 spiro atoms. The number of hydrogen-bond donors (Lipinski definition) is 1. The molecule has 4 nitrogen and oxygen atoms in total. The number of amides is 1. The van der Waals surface area contributed by atoms with E-state index >= 15 is 0 Å². The molecule has 1 fully saturated rings. The van der Waals surface area contributed by atoms with Crippen LogP contribution in [0.5, 0.6) is 0 Å². The van der Waals surface area contributed by atoms with Crippen LogP contribution in [0, 0.1) is 11.7 Å². The summed E-state index contributed by atoms with van der Waals surface area (Å²) in [4.78, 5) is 13.9. The fraction of sp³-hybridized carbons (Fsp3) is 0.588. The molecular weight excluding hydrogens is 283 g/mol. The molecule has 0 bridgehead atoms. The molecule has 1 aliphatic rings. The molecule has 2 N–H and O–H groups in total. The van der Waals surface area contributed by atoms with Crippen molar-refractivity contribution in [3.8, 4) is 0 Å². The third kappa shape index (κ3) is 4.19. The Morgan fingerprint density at radius 1 is 1.36 bits per heavy atom. The van der Waals surface area contributed by atoms with Crippen LogP contribution in [0.4, 0.5) is 9.18 Å². The van der Waals surface area contributed by atoms with Crippen molar-refractivity contribution in [2.45, 2.75) is 38.7 Å². The van der Waals surface area contributed by atoms with Crippen LogP contribution in [-0.4, -0.2) is 36.2 Å². The van der Waals surface area contributed by atoms with E-state index in [4.69, 9.17) is 10.5 Å². The highest BCUT2D eigenvalue weighted by Crippen LogP contribution is 2.33. The SMILES string of the molecule is CC(C)(C)OC(=O)N1CC[C@@H](c2ccc(F)cc2)[C@H](CN)C1. The normalized spacial score (nSPS) is 22.5. The Bertz CT molecular complexity index is 510. The van der Waals surface area contributed by atoms with Gasteiger partial charge in [-0.2, -0.15) is 0 Å². The number of nitrogens with zero attached hydrogens (tertiary/aromatic N) is 1. The molecule has 2 rings (SSSR count). The Kier molecular flexibility index (Phi) is 5.06. The van der Waals surface area contributed by atoms with Crippen LogP contribution < -0.4 is 5.73 Å². The topological polar surface area (TPSA) is 55.6 Å². The van der Waals surface area contributed by atoms with Crippen LogP contribution in [0.3, 0.4) is 0 Å². The van der Waals surface area contributed by atoms with Crippen LogP contribution in [0.2, 0.25) is 0 Å². The van der Waals surface area contributed by atoms with E-state index in [1.54, 1.807) is 4.90 Å². The minimum Gasteiger partial charge on any atom is -0.444 e. The lowest BCUT2D eigenvalue weighted by atomic mass is 9.80. The highest BCUT2D eigenvalue weighted by molar-refractivity contribution is 5.68. The van der Waals surface area contributed by atoms with Gasteiger partial charge in [0.05, 0.1) is 0 Å². The van der Waals surface area contributed by atoms with E-state index in [9.17, 15) is 9.18 Å². The van der Waals surface area contributed by atoms with Gasteiger partial charge in [-0.05, 0) is 63.3 Å². The number of likely N-dealkylation sites (tertiary alicyclic amines) is 1. The van der Waals surface area contributed by atoms with E-state index in [0.29, 0.717) is 19.6 Å². The fourth-order valence-corrected chi connectivity index (χ4v) is 2.91. The third-order valence-corrected chi connectivity index (χ3v) is 3.99. The van der Waals surface area contributed by atoms with Crippen molar-refractivity contribution < 1.29 is 13.9 Å². The summed E-state index contributed by atoms with van der Waals surface area (Å²) in [5.41, 5.74) is 6.48. The van der Waals surface area contributed by atoms with Crippen molar-refractivity contribution in [2.24, 2.45) is 11.7 Å². The predicted molar refractivity (Wildman–Crippen MR) is 84.1 cm³/mol. The number of carbonyl (C=O) groups is 1. The summed E-state index contributed by atoms with van der Waals surface area (Å²) >= 11 is 0. The molecule has 1 aromatic carbocycles. The van der Waals surface area contributed by atoms with Crippen molar-refractivity contribution in [1.82, 2.24) is 4.90 Å². The first-order chi connectivity index (χ1) is 10.3. The van der Waals surface area contributed by atoms with Gasteiger partial charge in [0.15, 0.2) is 0 Å². The van der Waals surface area contributed by atoms with Gasteiger partial charge in [0.2, 0.25) is 0 Å². The smallest absolute Gasteiger partial charge is 0.410 e. The van der Waals surface area contributed by atoms with Gasteiger partial charge < -0.3 is 15.4 Å². The zero-order valence-electron chi connectivity index (χ0n) is 13.5. The maximum absolute atomic E-state index is 13.1. The van der Waals surface area contributed by atoms with E-state index in [1.807, 2.05) is 32.9 Å². The molecule has 0 aliphatic carbocycles. The number of hydrogen-bond acceptors (Lipinski definition) is 3. The van der Waals surface area contributed by atoms with Crippen LogP contribution in [-0.2, 0) is 4.74 Å². The summed E-state index contributed by atoms with van der Waals surface area (Å²) in [6.07, 6.45) is 0.524. The molecule has 1 heterocycles. The highest BCUT2D eigenvalue weighted by atomic mass is 19.1. The van der Waals surface area contributed by atoms with Crippen molar-refractivity contribution in [3.63, 3.8) is 0 Å². The van der Waals surface area contributed by atoms with Gasteiger partial charge in [-0.15, -0.1) is 0 Å². The van der Waals surface area contributed by atoms with E-state index in [-0.39, 0.29) is 23.7 Å². The molecule has 1 aromatic rings. The van der Waals surface area contributed by atoms with Gasteiger partial charge in [-0.3, -0.25) is 0 Å². The Balaban J connectivity index is 2.05. The minimum absolute atomic E-state index is 0.159. The molecule has 0 radical (unpaired) electrons. The monoisotopic (exact) mass is 308 g/mol. The van der Waals surface area contributed by atoms with Gasteiger partial charge >= 0.3 is 6.09 Å². The van der Waals surface area contributed by atoms with Gasteiger partial charge in [0.1, 0.15) is 11.4 Å². The first kappa shape index (κ1) is 16.7. The molecule has 0 unspecified atom stereocenters. The van der Waals surface area contributed by atoms with Gasteiger partial charge in [0.25, 0.3) is 0 Å². The lowest BCUT2D eigenvalue weighted by molar-refractivity contribution is 0.0150. The second-order valence-corrected chi connectivity index (χ2v) is 6.87. The molecule has 1 saturated heterocycles. The van der Waals surface area contributed by atoms with Gasteiger partial charge in [-0.25, -0.2) is 9.18 Å². The summed E-state index contributed by atoms with van der Waals surface area (Å²) in [7, 11) is 0. The molecule has 122 valence electrons. The first-order valence-corrected chi connectivity index (χ1v) is 7.73. The molecule has 1 amide bonds. The van der Waals surface area contributed by atoms with Crippen LogP contribution >= 0.6 is 0 Å². The second-order valence-electron chi connectivity index (χ2n) is 6.87. The molecule has 1 aliphatic heterocycles. The Morgan fingerprint density at radius 3 is 2.55 bits per heavy atom. The third-order valence-electron chi connectivity index (χ3n) is 3.99. The van der Waals surface area contributed by atoms with Gasteiger partial charge in [-0.1, -0.05) is 12.1 Å². The predicted octanol–water partition coefficient (Wildman–Crippen LogP) is 3.13. The average molecular weight is 308 g/mol. The van der Waals surface area contributed by atoms with E-state index in [2.05, 4.69) is 0 Å². The van der Waals surface area contributed by atoms with E-state index < -0.39 is 5.60 Å². The molecular formula is C17H25FN2O2. The Labute approximate surface area is 131 Å². The number of nitrogens with two attached hydrogens (primary N) is 1. The van der Waals surface area contributed by atoms with Crippen molar-refractivity contribution in [2.75, 3.05) is 19.6 Å². The molecule has 0 saturated carbocycles. The standard InChI is InChI=1S/C17H25FN2O2/c1-17(2,3)22-16(21)20-9-8-15(13(10-19)11-20)12-4-6-14(18)7-5-12/h4-7,13,15H,8-11,19H2,1-3H3/t13-,15+/m1/s1. The zero-order chi connectivity index (χ0) is 16.3. The summed E-state index contributed by atoms with van der Waals surface area (Å²) < 4.78 is 18.5. The maximum Gasteiger partial charge on any atom is 0.410 e. The first-order valence-electron chi connectivity index (χ1n) is 7.73. The summed E-state index contributed by atoms with van der Waals surface area (Å²) in [6, 6.07) is 6.57. The number of carbonyl (C=O) groups excluding carboxylic acids is 1. The Morgan fingerprint density at radius 2 is 2.00 bits per heavy atom. The lowest BCUT2D eigenvalue weighted by Crippen LogP contribution is -2.47. The van der Waals surface area contributed by atoms with E-state index in [0.717, 1.165) is 12.0 Å². The van der Waals surface area contributed by atoms with Crippen molar-refractivity contribution in [1.29, 1.82) is 0 Å². The number of rotatable bonds is 2. The number of benzene rings is 1. The number of piperidine rings is 1.